The number of anilines is 1. The molecule has 4 aromatic rings. The molecule has 1 aromatic heterocycles. The summed E-state index contributed by atoms with van der Waals surface area (Å²) >= 11 is 0. The third-order valence-corrected chi connectivity index (χ3v) is 6.34. The number of para-hydroxylation sites is 1. The lowest BCUT2D eigenvalue weighted by Crippen LogP contribution is -2.43. The van der Waals surface area contributed by atoms with Crippen molar-refractivity contribution in [3.63, 3.8) is 0 Å². The number of rotatable bonds is 4. The molecule has 0 spiro atoms. The zero-order chi connectivity index (χ0) is 22.9. The van der Waals surface area contributed by atoms with Crippen LogP contribution in [0.5, 0.6) is 11.5 Å². The topological polar surface area (TPSA) is 66.6 Å². The number of H-pyrrole nitrogens is 1. The molecule has 1 atom stereocenters. The lowest BCUT2D eigenvalue weighted by atomic mass is 9.92. The maximum atomic E-state index is 13.6. The summed E-state index contributed by atoms with van der Waals surface area (Å²) in [6.07, 6.45) is 0.787. The van der Waals surface area contributed by atoms with Crippen molar-refractivity contribution in [1.82, 2.24) is 9.88 Å². The Balaban J connectivity index is 1.55. The second-order valence-corrected chi connectivity index (χ2v) is 8.32. The predicted octanol–water partition coefficient (Wildman–Crippen LogP) is 5.67. The molecule has 33 heavy (non-hydrogen) atoms. The molecule has 2 N–H and O–H groups in total. The Morgan fingerprint density at radius 2 is 1.82 bits per heavy atom. The molecule has 2 amide bonds. The van der Waals surface area contributed by atoms with E-state index in [0.29, 0.717) is 23.7 Å². The van der Waals surface area contributed by atoms with E-state index in [0.717, 1.165) is 23.2 Å². The van der Waals surface area contributed by atoms with E-state index in [-0.39, 0.29) is 12.1 Å². The maximum Gasteiger partial charge on any atom is 0.322 e. The molecule has 0 unspecified atom stereocenters. The molecule has 168 valence electrons. The van der Waals surface area contributed by atoms with Gasteiger partial charge < -0.3 is 24.7 Å². The molecule has 5 rings (SSSR count). The van der Waals surface area contributed by atoms with Crippen molar-refractivity contribution in [3.05, 3.63) is 89.1 Å². The van der Waals surface area contributed by atoms with Gasteiger partial charge in [0.1, 0.15) is 11.5 Å². The maximum absolute atomic E-state index is 13.6. The summed E-state index contributed by atoms with van der Waals surface area (Å²) < 4.78 is 10.8. The molecule has 0 fully saturated rings. The highest BCUT2D eigenvalue weighted by Gasteiger charge is 2.34. The van der Waals surface area contributed by atoms with Crippen LogP contribution in [0.2, 0.25) is 0 Å². The number of benzene rings is 3. The van der Waals surface area contributed by atoms with E-state index < -0.39 is 0 Å². The molecule has 2 heterocycles. The Kier molecular flexibility index (Phi) is 5.42. The van der Waals surface area contributed by atoms with Crippen molar-refractivity contribution in [2.75, 3.05) is 26.1 Å². The monoisotopic (exact) mass is 441 g/mol. The molecule has 1 aliphatic heterocycles. The van der Waals surface area contributed by atoms with Gasteiger partial charge in [0, 0.05) is 29.2 Å². The Morgan fingerprint density at radius 1 is 1.03 bits per heavy atom. The van der Waals surface area contributed by atoms with Gasteiger partial charge >= 0.3 is 6.03 Å². The molecular weight excluding hydrogens is 414 g/mol. The Labute approximate surface area is 193 Å². The van der Waals surface area contributed by atoms with Gasteiger partial charge in [-0.3, -0.25) is 0 Å². The second-order valence-electron chi connectivity index (χ2n) is 8.32. The summed E-state index contributed by atoms with van der Waals surface area (Å²) in [7, 11) is 3.18. The van der Waals surface area contributed by atoms with Crippen LogP contribution in [0.3, 0.4) is 0 Å². The Morgan fingerprint density at radius 3 is 2.58 bits per heavy atom. The standard InChI is InChI=1S/C27H27N3O3/c1-17-8-10-18(11-9-17)26-25-21(20-6-4-5-7-22(20)28-25)14-15-30(26)27(31)29-23-13-12-19(32-2)16-24(23)33-3/h4-13,16,26,28H,14-15H2,1-3H3,(H,29,31)/t26-/m1/s1. The Hall–Kier alpha value is -3.93. The average Bonchev–Trinajstić information content (AvgIpc) is 3.23. The van der Waals surface area contributed by atoms with E-state index in [2.05, 4.69) is 59.7 Å². The van der Waals surface area contributed by atoms with Gasteiger partial charge in [0.15, 0.2) is 0 Å². The first-order valence-electron chi connectivity index (χ1n) is 11.0. The van der Waals surface area contributed by atoms with Gasteiger partial charge in [0.2, 0.25) is 0 Å². The van der Waals surface area contributed by atoms with Gasteiger partial charge in [0.05, 0.1) is 25.9 Å². The number of aromatic amines is 1. The number of carbonyl (C=O) groups excluding carboxylic acids is 1. The van der Waals surface area contributed by atoms with Gasteiger partial charge in [-0.05, 0) is 42.7 Å². The van der Waals surface area contributed by atoms with E-state index in [1.807, 2.05) is 17.0 Å². The number of urea groups is 1. The van der Waals surface area contributed by atoms with Gasteiger partial charge in [-0.25, -0.2) is 4.79 Å². The number of carbonyl (C=O) groups is 1. The fourth-order valence-electron chi connectivity index (χ4n) is 4.64. The quantitative estimate of drug-likeness (QED) is 0.429. The van der Waals surface area contributed by atoms with E-state index in [1.54, 1.807) is 26.4 Å². The van der Waals surface area contributed by atoms with Gasteiger partial charge in [-0.15, -0.1) is 0 Å². The van der Waals surface area contributed by atoms with Gasteiger partial charge in [0.25, 0.3) is 0 Å². The number of nitrogens with one attached hydrogen (secondary N) is 2. The van der Waals surface area contributed by atoms with Crippen molar-refractivity contribution in [2.24, 2.45) is 0 Å². The number of ether oxygens (including phenoxy) is 2. The SMILES string of the molecule is COc1ccc(NC(=O)N2CCc3c([nH]c4ccccc34)[C@H]2c2ccc(C)cc2)c(OC)c1. The van der Waals surface area contributed by atoms with Crippen molar-refractivity contribution in [3.8, 4) is 11.5 Å². The highest BCUT2D eigenvalue weighted by Crippen LogP contribution is 2.39. The second kappa shape index (κ2) is 8.54. The number of aromatic nitrogens is 1. The molecular formula is C27H27N3O3. The molecule has 0 saturated heterocycles. The van der Waals surface area contributed by atoms with Crippen LogP contribution in [0.4, 0.5) is 10.5 Å². The van der Waals surface area contributed by atoms with Crippen LogP contribution in [0.25, 0.3) is 10.9 Å². The molecule has 0 aliphatic carbocycles. The lowest BCUT2D eigenvalue weighted by molar-refractivity contribution is 0.193. The normalized spacial score (nSPS) is 15.2. The van der Waals surface area contributed by atoms with Crippen LogP contribution in [0, 0.1) is 6.92 Å². The molecule has 0 radical (unpaired) electrons. The summed E-state index contributed by atoms with van der Waals surface area (Å²) in [6, 6.07) is 21.7. The third-order valence-electron chi connectivity index (χ3n) is 6.34. The summed E-state index contributed by atoms with van der Waals surface area (Å²) in [5, 5.41) is 4.27. The number of fused-ring (bicyclic) bond motifs is 3. The molecule has 6 heteroatoms. The predicted molar refractivity (Wildman–Crippen MR) is 130 cm³/mol. The molecule has 6 nitrogen and oxygen atoms in total. The highest BCUT2D eigenvalue weighted by molar-refractivity contribution is 5.93. The average molecular weight is 442 g/mol. The minimum atomic E-state index is -0.217. The van der Waals surface area contributed by atoms with Crippen molar-refractivity contribution >= 4 is 22.6 Å². The smallest absolute Gasteiger partial charge is 0.322 e. The zero-order valence-electron chi connectivity index (χ0n) is 19.0. The van der Waals surface area contributed by atoms with Crippen LogP contribution in [0.15, 0.2) is 66.7 Å². The van der Waals surface area contributed by atoms with Crippen LogP contribution in [-0.4, -0.2) is 36.7 Å². The first-order chi connectivity index (χ1) is 16.1. The molecule has 3 aromatic carbocycles. The number of hydrogen-bond donors (Lipinski definition) is 2. The van der Waals surface area contributed by atoms with Crippen LogP contribution in [-0.2, 0) is 6.42 Å². The summed E-state index contributed by atoms with van der Waals surface area (Å²) in [4.78, 5) is 19.1. The number of hydrogen-bond acceptors (Lipinski definition) is 3. The van der Waals surface area contributed by atoms with E-state index in [4.69, 9.17) is 9.47 Å². The summed E-state index contributed by atoms with van der Waals surface area (Å²) in [5.41, 5.74) is 6.31. The largest absolute Gasteiger partial charge is 0.497 e. The minimum absolute atomic E-state index is 0.173. The number of amides is 2. The van der Waals surface area contributed by atoms with E-state index in [9.17, 15) is 4.79 Å². The molecule has 0 saturated carbocycles. The van der Waals surface area contributed by atoms with Crippen LogP contribution >= 0.6 is 0 Å². The van der Waals surface area contributed by atoms with Crippen molar-refractivity contribution in [1.29, 1.82) is 0 Å². The summed E-state index contributed by atoms with van der Waals surface area (Å²) in [6.45, 7) is 2.68. The first-order valence-corrected chi connectivity index (χ1v) is 11.0. The molecule has 0 bridgehead atoms. The van der Waals surface area contributed by atoms with Gasteiger partial charge in [-0.1, -0.05) is 48.0 Å². The van der Waals surface area contributed by atoms with Gasteiger partial charge in [-0.2, -0.15) is 0 Å². The first kappa shape index (κ1) is 20.9. The van der Waals surface area contributed by atoms with Crippen LogP contribution < -0.4 is 14.8 Å². The van der Waals surface area contributed by atoms with Crippen LogP contribution in [0.1, 0.15) is 28.4 Å². The fourth-order valence-corrected chi connectivity index (χ4v) is 4.64. The number of nitrogens with zero attached hydrogens (tertiary/aromatic N) is 1. The summed E-state index contributed by atoms with van der Waals surface area (Å²) in [5.74, 6) is 1.22. The minimum Gasteiger partial charge on any atom is -0.497 e. The van der Waals surface area contributed by atoms with E-state index in [1.165, 1.54) is 16.5 Å². The lowest BCUT2D eigenvalue weighted by Gasteiger charge is -2.36. The zero-order valence-corrected chi connectivity index (χ0v) is 19.0. The third kappa shape index (κ3) is 3.78. The highest BCUT2D eigenvalue weighted by atomic mass is 16.5. The van der Waals surface area contributed by atoms with Crippen molar-refractivity contribution < 1.29 is 14.3 Å². The van der Waals surface area contributed by atoms with Crippen molar-refractivity contribution in [2.45, 2.75) is 19.4 Å². The van der Waals surface area contributed by atoms with E-state index >= 15 is 0 Å². The fraction of sp³-hybridized carbons (Fsp3) is 0.222. The Bertz CT molecular complexity index is 1310. The number of methoxy groups -OCH3 is 2. The molecule has 1 aliphatic rings. The number of aryl methyl sites for hydroxylation is 1.